The van der Waals surface area contributed by atoms with Crippen molar-refractivity contribution >= 4 is 22.4 Å². The molecule has 3 aromatic rings. The summed E-state index contributed by atoms with van der Waals surface area (Å²) in [5, 5.41) is 2.13. The van der Waals surface area contributed by atoms with Gasteiger partial charge in [0.1, 0.15) is 11.1 Å². The maximum Gasteiger partial charge on any atom is 0.126 e. The Morgan fingerprint density at radius 3 is 2.53 bits per heavy atom. The first kappa shape index (κ1) is 10.4. The van der Waals surface area contributed by atoms with Crippen molar-refractivity contribution < 1.29 is 4.42 Å². The van der Waals surface area contributed by atoms with E-state index in [1.54, 1.807) is 6.26 Å². The average molecular weight is 243 g/mol. The van der Waals surface area contributed by atoms with Crippen LogP contribution in [0, 0.1) is 0 Å². The largest absolute Gasteiger partial charge is 0.467 e. The van der Waals surface area contributed by atoms with Crippen molar-refractivity contribution in [1.29, 1.82) is 0 Å². The van der Waals surface area contributed by atoms with E-state index in [1.165, 1.54) is 10.8 Å². The van der Waals surface area contributed by atoms with E-state index in [0.717, 1.165) is 11.3 Å². The lowest BCUT2D eigenvalue weighted by Gasteiger charge is -2.10. The summed E-state index contributed by atoms with van der Waals surface area (Å²) in [4.78, 5) is 0. The Kier molecular flexibility index (Phi) is 2.62. The highest BCUT2D eigenvalue weighted by atomic mass is 35.5. The van der Waals surface area contributed by atoms with Crippen LogP contribution in [0.3, 0.4) is 0 Å². The summed E-state index contributed by atoms with van der Waals surface area (Å²) in [5.41, 5.74) is 1.08. The van der Waals surface area contributed by atoms with Gasteiger partial charge in [-0.3, -0.25) is 0 Å². The summed E-state index contributed by atoms with van der Waals surface area (Å²) in [6.07, 6.45) is 1.65. The van der Waals surface area contributed by atoms with Crippen LogP contribution < -0.4 is 0 Å². The van der Waals surface area contributed by atoms with Crippen LogP contribution in [0.15, 0.2) is 65.3 Å². The average Bonchev–Trinajstić information content (AvgIpc) is 2.91. The number of halogens is 1. The Hall–Kier alpha value is -1.73. The van der Waals surface area contributed by atoms with Gasteiger partial charge in [-0.2, -0.15) is 0 Å². The van der Waals surface area contributed by atoms with Gasteiger partial charge in [-0.1, -0.05) is 42.5 Å². The van der Waals surface area contributed by atoms with Crippen molar-refractivity contribution in [2.75, 3.05) is 0 Å². The molecule has 1 unspecified atom stereocenters. The minimum absolute atomic E-state index is 0.240. The molecule has 2 aromatic carbocycles. The van der Waals surface area contributed by atoms with E-state index >= 15 is 0 Å². The number of hydrogen-bond acceptors (Lipinski definition) is 1. The van der Waals surface area contributed by atoms with Gasteiger partial charge in [-0.15, -0.1) is 11.6 Å². The first-order valence-electron chi connectivity index (χ1n) is 5.51. The summed E-state index contributed by atoms with van der Waals surface area (Å²) in [6.45, 7) is 0. The molecule has 0 fully saturated rings. The molecule has 0 aliphatic carbocycles. The smallest absolute Gasteiger partial charge is 0.126 e. The second kappa shape index (κ2) is 4.27. The lowest BCUT2D eigenvalue weighted by Crippen LogP contribution is -1.92. The molecule has 2 heteroatoms. The van der Waals surface area contributed by atoms with Gasteiger partial charge in [0.05, 0.1) is 6.26 Å². The molecule has 0 aliphatic heterocycles. The Balaban J connectivity index is 2.17. The monoisotopic (exact) mass is 242 g/mol. The zero-order chi connectivity index (χ0) is 11.7. The Bertz CT molecular complexity index is 623. The standard InChI is InChI=1S/C15H11ClO/c16-15(14-9-4-10-17-14)13-8-3-6-11-5-1-2-7-12(11)13/h1-10,15H. The minimum atomic E-state index is -0.240. The molecule has 0 N–H and O–H groups in total. The number of benzene rings is 2. The summed E-state index contributed by atoms with van der Waals surface area (Å²) in [6, 6.07) is 18.1. The SMILES string of the molecule is ClC(c1ccco1)c1cccc2ccccc12. The maximum absolute atomic E-state index is 6.46. The van der Waals surface area contributed by atoms with Crippen LogP contribution in [-0.2, 0) is 0 Å². The summed E-state index contributed by atoms with van der Waals surface area (Å²) in [7, 11) is 0. The molecule has 0 radical (unpaired) electrons. The van der Waals surface area contributed by atoms with Crippen LogP contribution in [-0.4, -0.2) is 0 Å². The van der Waals surface area contributed by atoms with E-state index in [1.807, 2.05) is 36.4 Å². The second-order valence-corrected chi connectivity index (χ2v) is 4.38. The molecule has 0 spiro atoms. The number of fused-ring (bicyclic) bond motifs is 1. The number of rotatable bonds is 2. The normalized spacial score (nSPS) is 12.8. The van der Waals surface area contributed by atoms with Crippen molar-refractivity contribution in [3.05, 3.63) is 72.2 Å². The second-order valence-electron chi connectivity index (χ2n) is 3.95. The molecule has 1 aromatic heterocycles. The summed E-state index contributed by atoms with van der Waals surface area (Å²) < 4.78 is 5.37. The van der Waals surface area contributed by atoms with Crippen LogP contribution in [0.5, 0.6) is 0 Å². The lowest BCUT2D eigenvalue weighted by atomic mass is 10.0. The Morgan fingerprint density at radius 1 is 0.882 bits per heavy atom. The van der Waals surface area contributed by atoms with Gasteiger partial charge < -0.3 is 4.42 Å². The first-order chi connectivity index (χ1) is 8.36. The highest BCUT2D eigenvalue weighted by molar-refractivity contribution is 6.23. The fourth-order valence-corrected chi connectivity index (χ4v) is 2.37. The van der Waals surface area contributed by atoms with Crippen molar-refractivity contribution in [1.82, 2.24) is 0 Å². The topological polar surface area (TPSA) is 13.1 Å². The lowest BCUT2D eigenvalue weighted by molar-refractivity contribution is 0.517. The van der Waals surface area contributed by atoms with Gasteiger partial charge in [0.15, 0.2) is 0 Å². The molecule has 0 aliphatic rings. The van der Waals surface area contributed by atoms with Crippen LogP contribution in [0.4, 0.5) is 0 Å². The number of hydrogen-bond donors (Lipinski definition) is 0. The third-order valence-corrected chi connectivity index (χ3v) is 3.34. The molecule has 84 valence electrons. The molecule has 0 amide bonds. The quantitative estimate of drug-likeness (QED) is 0.591. The zero-order valence-corrected chi connectivity index (χ0v) is 9.89. The van der Waals surface area contributed by atoms with E-state index in [-0.39, 0.29) is 5.38 Å². The van der Waals surface area contributed by atoms with E-state index in [0.29, 0.717) is 0 Å². The van der Waals surface area contributed by atoms with Crippen LogP contribution in [0.1, 0.15) is 16.7 Å². The molecule has 0 bridgehead atoms. The van der Waals surface area contributed by atoms with Gasteiger partial charge >= 0.3 is 0 Å². The molecule has 1 heterocycles. The van der Waals surface area contributed by atoms with Crippen molar-refractivity contribution in [3.8, 4) is 0 Å². The fraction of sp³-hybridized carbons (Fsp3) is 0.0667. The van der Waals surface area contributed by atoms with Crippen molar-refractivity contribution in [3.63, 3.8) is 0 Å². The number of alkyl halides is 1. The molecular formula is C15H11ClO. The molecular weight excluding hydrogens is 232 g/mol. The highest BCUT2D eigenvalue weighted by Gasteiger charge is 2.15. The van der Waals surface area contributed by atoms with E-state index in [9.17, 15) is 0 Å². The van der Waals surface area contributed by atoms with Crippen LogP contribution in [0.25, 0.3) is 10.8 Å². The molecule has 1 nitrogen and oxygen atoms in total. The summed E-state index contributed by atoms with van der Waals surface area (Å²) >= 11 is 6.46. The van der Waals surface area contributed by atoms with Gasteiger partial charge in [0.2, 0.25) is 0 Å². The van der Waals surface area contributed by atoms with Gasteiger partial charge in [0, 0.05) is 0 Å². The van der Waals surface area contributed by atoms with Crippen molar-refractivity contribution in [2.45, 2.75) is 5.38 Å². The third-order valence-electron chi connectivity index (χ3n) is 2.89. The van der Waals surface area contributed by atoms with Gasteiger partial charge in [-0.05, 0) is 28.5 Å². The van der Waals surface area contributed by atoms with Crippen molar-refractivity contribution in [2.24, 2.45) is 0 Å². The molecule has 1 atom stereocenters. The highest BCUT2D eigenvalue weighted by Crippen LogP contribution is 2.33. The Labute approximate surface area is 105 Å². The fourth-order valence-electron chi connectivity index (χ4n) is 2.06. The molecule has 0 saturated carbocycles. The first-order valence-corrected chi connectivity index (χ1v) is 5.95. The van der Waals surface area contributed by atoms with Crippen LogP contribution in [0.2, 0.25) is 0 Å². The predicted octanol–water partition coefficient (Wildman–Crippen LogP) is 4.76. The van der Waals surface area contributed by atoms with E-state index in [2.05, 4.69) is 18.2 Å². The minimum Gasteiger partial charge on any atom is -0.467 e. The zero-order valence-electron chi connectivity index (χ0n) is 9.14. The van der Waals surface area contributed by atoms with E-state index in [4.69, 9.17) is 16.0 Å². The summed E-state index contributed by atoms with van der Waals surface area (Å²) in [5.74, 6) is 0.781. The molecule has 3 rings (SSSR count). The third kappa shape index (κ3) is 1.83. The molecule has 0 saturated heterocycles. The van der Waals surface area contributed by atoms with Gasteiger partial charge in [-0.25, -0.2) is 0 Å². The van der Waals surface area contributed by atoms with Crippen LogP contribution >= 0.6 is 11.6 Å². The number of furan rings is 1. The predicted molar refractivity (Wildman–Crippen MR) is 70.4 cm³/mol. The van der Waals surface area contributed by atoms with E-state index < -0.39 is 0 Å². The Morgan fingerprint density at radius 2 is 1.71 bits per heavy atom. The molecule has 17 heavy (non-hydrogen) atoms. The van der Waals surface area contributed by atoms with Gasteiger partial charge in [0.25, 0.3) is 0 Å². The maximum atomic E-state index is 6.46.